The zero-order chi connectivity index (χ0) is 49.0. The number of aromatic nitrogens is 2. The van der Waals surface area contributed by atoms with Crippen molar-refractivity contribution in [2.45, 2.75) is 20.4 Å². The summed E-state index contributed by atoms with van der Waals surface area (Å²) in [5, 5.41) is 38.5. The molecule has 0 N–H and O–H groups in total. The van der Waals surface area contributed by atoms with Crippen LogP contribution < -0.4 is 0 Å². The third-order valence-corrected chi connectivity index (χ3v) is 13.0. The topological polar surface area (TPSA) is 129 Å². The van der Waals surface area contributed by atoms with E-state index in [0.717, 1.165) is 107 Å². The fourth-order valence-electron chi connectivity index (χ4n) is 9.14. The highest BCUT2D eigenvalue weighted by molar-refractivity contribution is 6.09. The Balaban J connectivity index is 1.03. The first kappa shape index (κ1) is 44.7. The van der Waals surface area contributed by atoms with E-state index in [1.54, 1.807) is 12.1 Å². The second-order valence-corrected chi connectivity index (χ2v) is 17.3. The Morgan fingerprint density at radius 2 is 0.972 bits per heavy atom. The first-order valence-corrected chi connectivity index (χ1v) is 23.0. The van der Waals surface area contributed by atoms with Crippen molar-refractivity contribution >= 4 is 28.5 Å². The average Bonchev–Trinajstić information content (AvgIpc) is 3.83. The molecule has 2 heterocycles. The monoisotopic (exact) mass is 910 g/mol. The Morgan fingerprint density at radius 1 is 0.507 bits per heavy atom. The second kappa shape index (κ2) is 19.2. The number of aryl methyl sites for hydroxylation is 1. The van der Waals surface area contributed by atoms with Crippen LogP contribution in [0.4, 0.5) is 5.69 Å². The lowest BCUT2D eigenvalue weighted by molar-refractivity contribution is 0.570. The van der Waals surface area contributed by atoms with Crippen LogP contribution in [0.1, 0.15) is 62.6 Å². The van der Waals surface area contributed by atoms with Gasteiger partial charge in [-0.2, -0.15) is 21.0 Å². The molecule has 0 amide bonds. The third kappa shape index (κ3) is 8.70. The first-order chi connectivity index (χ1) is 34.7. The summed E-state index contributed by atoms with van der Waals surface area (Å²) < 4.78 is 2.11. The molecule has 1 aliphatic heterocycles. The molecule has 0 saturated heterocycles. The molecule has 0 saturated carbocycles. The lowest BCUT2D eigenvalue weighted by atomic mass is 9.95. The molecule has 8 aromatic carbocycles. The number of nitrogens with zero attached hydrogens (tertiary/aromatic N) is 8. The fourth-order valence-corrected chi connectivity index (χ4v) is 9.14. The van der Waals surface area contributed by atoms with Gasteiger partial charge in [0.15, 0.2) is 0 Å². The number of fused-ring (bicyclic) bond motifs is 1. The van der Waals surface area contributed by atoms with Gasteiger partial charge in [0.1, 0.15) is 11.7 Å². The molecule has 8 heteroatoms. The van der Waals surface area contributed by atoms with Crippen molar-refractivity contribution in [1.82, 2.24) is 14.5 Å². The molecule has 9 aromatic rings. The summed E-state index contributed by atoms with van der Waals surface area (Å²) in [6.45, 7) is 9.44. The Morgan fingerprint density at radius 3 is 1.55 bits per heavy atom. The molecule has 0 fully saturated rings. The molecular formula is C63H42N8. The van der Waals surface area contributed by atoms with E-state index in [1.165, 1.54) is 0 Å². The highest BCUT2D eigenvalue weighted by Crippen LogP contribution is 2.42. The number of rotatable bonds is 10. The van der Waals surface area contributed by atoms with Crippen molar-refractivity contribution in [3.05, 3.63) is 256 Å². The number of amidine groups is 1. The van der Waals surface area contributed by atoms with E-state index in [-0.39, 0.29) is 0 Å². The summed E-state index contributed by atoms with van der Waals surface area (Å²) in [5.74, 6) is 1.51. The minimum Gasteiger partial charge on any atom is -0.321 e. The fraction of sp³-hybridized carbons (Fsp3) is 0.0476. The van der Waals surface area contributed by atoms with Gasteiger partial charge in [-0.05, 0) is 113 Å². The van der Waals surface area contributed by atoms with Gasteiger partial charge in [-0.25, -0.2) is 9.98 Å². The maximum absolute atomic E-state index is 9.69. The molecule has 1 aromatic heterocycles. The van der Waals surface area contributed by atoms with E-state index in [1.807, 2.05) is 115 Å². The van der Waals surface area contributed by atoms with Crippen LogP contribution in [0.2, 0.25) is 0 Å². The quantitative estimate of drug-likeness (QED) is 0.126. The molecule has 1 aliphatic rings. The number of aliphatic imine (C=N–C) groups is 1. The molecule has 0 unspecified atom stereocenters. The van der Waals surface area contributed by atoms with E-state index >= 15 is 0 Å². The Bertz CT molecular complexity index is 3750. The normalized spacial score (nSPS) is 12.0. The SMILES string of the molecule is C=C(c1ccc(-c2ccc(C3=Nc4ccccc4CN3/C(=C(\C)c3ccc(C#N)cc3)c3ccc(C#N)cc3)cc2)cc1)n1c(-c2ccccc2C)nc(-c2ccc(C#N)cc2)c1-c1ccc(C#N)cc1. The highest BCUT2D eigenvalue weighted by Gasteiger charge is 2.28. The lowest BCUT2D eigenvalue weighted by Gasteiger charge is -2.34. The number of imidazole rings is 1. The van der Waals surface area contributed by atoms with Gasteiger partial charge in [0.05, 0.1) is 75.8 Å². The van der Waals surface area contributed by atoms with Crippen molar-refractivity contribution in [3.8, 4) is 69.3 Å². The Labute approximate surface area is 413 Å². The van der Waals surface area contributed by atoms with Gasteiger partial charge < -0.3 is 4.90 Å². The summed E-state index contributed by atoms with van der Waals surface area (Å²) in [7, 11) is 0. The van der Waals surface area contributed by atoms with Gasteiger partial charge in [-0.15, -0.1) is 0 Å². The summed E-state index contributed by atoms with van der Waals surface area (Å²) in [6.07, 6.45) is 0. The van der Waals surface area contributed by atoms with Crippen LogP contribution in [0.5, 0.6) is 0 Å². The zero-order valence-corrected chi connectivity index (χ0v) is 39.0. The van der Waals surface area contributed by atoms with Crippen LogP contribution in [0.15, 0.2) is 206 Å². The molecule has 0 spiro atoms. The zero-order valence-electron chi connectivity index (χ0n) is 39.0. The molecule has 71 heavy (non-hydrogen) atoms. The largest absolute Gasteiger partial charge is 0.321 e. The van der Waals surface area contributed by atoms with Gasteiger partial charge in [-0.3, -0.25) is 4.57 Å². The maximum Gasteiger partial charge on any atom is 0.146 e. The number of allylic oxidation sites excluding steroid dienone is 1. The molecule has 0 radical (unpaired) electrons. The number of benzene rings is 8. The second-order valence-electron chi connectivity index (χ2n) is 17.3. The van der Waals surface area contributed by atoms with Crippen molar-refractivity contribution in [3.63, 3.8) is 0 Å². The van der Waals surface area contributed by atoms with Crippen molar-refractivity contribution in [2.24, 2.45) is 4.99 Å². The van der Waals surface area contributed by atoms with Crippen molar-refractivity contribution in [2.75, 3.05) is 0 Å². The minimum atomic E-state index is 0.551. The summed E-state index contributed by atoms with van der Waals surface area (Å²) in [5.41, 5.74) is 18.0. The van der Waals surface area contributed by atoms with Gasteiger partial charge in [0, 0.05) is 28.0 Å². The molecule has 0 aliphatic carbocycles. The van der Waals surface area contributed by atoms with E-state index in [2.05, 4.69) is 114 Å². The van der Waals surface area contributed by atoms with Gasteiger partial charge in [0.25, 0.3) is 0 Å². The average molecular weight is 911 g/mol. The molecule has 334 valence electrons. The predicted molar refractivity (Wildman–Crippen MR) is 282 cm³/mol. The standard InChI is InChI=1S/C63H42N8/c1-41-8-4-6-10-57(41)63-69-59(52-22-14-45(37-65)15-23-52)61(54-26-18-47(39-67)19-27-54)71(63)43(3)49-28-30-50(31-29-49)51-32-34-55(35-33-51)62-68-58-11-7-5-9-56(58)40-70(62)60(53-24-16-46(38-66)17-25-53)42(2)48-20-12-44(36-64)13-21-48/h4-35H,3,40H2,1-2H3/b60-42+. The highest BCUT2D eigenvalue weighted by atomic mass is 15.2. The summed E-state index contributed by atoms with van der Waals surface area (Å²) in [4.78, 5) is 12.9. The van der Waals surface area contributed by atoms with Crippen LogP contribution in [0.3, 0.4) is 0 Å². The number of nitriles is 4. The molecular weight excluding hydrogens is 869 g/mol. The molecule has 0 bridgehead atoms. The number of para-hydroxylation sites is 1. The van der Waals surface area contributed by atoms with Crippen LogP contribution in [-0.4, -0.2) is 20.3 Å². The molecule has 0 atom stereocenters. The van der Waals surface area contributed by atoms with E-state index in [4.69, 9.17) is 16.6 Å². The van der Waals surface area contributed by atoms with E-state index < -0.39 is 0 Å². The predicted octanol–water partition coefficient (Wildman–Crippen LogP) is 14.3. The van der Waals surface area contributed by atoms with Crippen molar-refractivity contribution < 1.29 is 0 Å². The van der Waals surface area contributed by atoms with Gasteiger partial charge in [-0.1, -0.05) is 146 Å². The van der Waals surface area contributed by atoms with Crippen LogP contribution >= 0.6 is 0 Å². The van der Waals surface area contributed by atoms with Gasteiger partial charge >= 0.3 is 0 Å². The summed E-state index contributed by atoms with van der Waals surface area (Å²) >= 11 is 0. The molecule has 10 rings (SSSR count). The van der Waals surface area contributed by atoms with Crippen molar-refractivity contribution in [1.29, 1.82) is 21.0 Å². The van der Waals surface area contributed by atoms with Crippen LogP contribution in [-0.2, 0) is 6.54 Å². The van der Waals surface area contributed by atoms with E-state index in [0.29, 0.717) is 28.8 Å². The van der Waals surface area contributed by atoms with Gasteiger partial charge in [0.2, 0.25) is 0 Å². The Hall–Kier alpha value is -10.1. The van der Waals surface area contributed by atoms with Crippen LogP contribution in [0.25, 0.3) is 62.0 Å². The number of hydrogen-bond acceptors (Lipinski definition) is 7. The molecule has 8 nitrogen and oxygen atoms in total. The van der Waals surface area contributed by atoms with E-state index in [9.17, 15) is 21.0 Å². The smallest absolute Gasteiger partial charge is 0.146 e. The number of hydrogen-bond donors (Lipinski definition) is 0. The first-order valence-electron chi connectivity index (χ1n) is 23.0. The Kier molecular flexibility index (Phi) is 12.1. The maximum atomic E-state index is 9.69. The minimum absolute atomic E-state index is 0.551. The lowest BCUT2D eigenvalue weighted by Crippen LogP contribution is -2.32. The summed E-state index contributed by atoms with van der Waals surface area (Å²) in [6, 6.07) is 72.4. The third-order valence-electron chi connectivity index (χ3n) is 13.0. The van der Waals surface area contributed by atoms with Crippen LogP contribution in [0, 0.1) is 52.2 Å².